The van der Waals surface area contributed by atoms with Gasteiger partial charge < -0.3 is 10.5 Å². The molecule has 0 aromatic heterocycles. The smallest absolute Gasteiger partial charge is 0.306 e. The van der Waals surface area contributed by atoms with Crippen molar-refractivity contribution in [2.75, 3.05) is 13.7 Å². The normalized spacial score (nSPS) is 11.2. The molecule has 116 valence electrons. The first-order valence-corrected chi connectivity index (χ1v) is 7.82. The molecule has 10 heteroatoms. The lowest BCUT2D eigenvalue weighted by Gasteiger charge is -2.10. The van der Waals surface area contributed by atoms with E-state index in [1.165, 1.54) is 7.11 Å². The summed E-state index contributed by atoms with van der Waals surface area (Å²) in [6, 6.07) is 1.65. The van der Waals surface area contributed by atoms with Gasteiger partial charge in [-0.3, -0.25) is 9.59 Å². The molecule has 0 heterocycles. The van der Waals surface area contributed by atoms with Gasteiger partial charge in [0.25, 0.3) is 5.91 Å². The molecule has 0 bridgehead atoms. The summed E-state index contributed by atoms with van der Waals surface area (Å²) in [4.78, 5) is 21.6. The summed E-state index contributed by atoms with van der Waals surface area (Å²) in [5.74, 6) is -2.62. The average molecular weight is 383 g/mol. The number of hydrogen-bond acceptors (Lipinski definition) is 5. The minimum Gasteiger partial charge on any atom is -0.469 e. The van der Waals surface area contributed by atoms with Crippen molar-refractivity contribution < 1.29 is 27.1 Å². The molecule has 0 saturated heterocycles. The Morgan fingerprint density at radius 2 is 2.05 bits per heavy atom. The van der Waals surface area contributed by atoms with E-state index in [-0.39, 0.29) is 22.3 Å². The van der Waals surface area contributed by atoms with Gasteiger partial charge in [0.2, 0.25) is 10.0 Å². The van der Waals surface area contributed by atoms with Gasteiger partial charge in [-0.05, 0) is 28.1 Å². The second-order valence-corrected chi connectivity index (χ2v) is 6.44. The van der Waals surface area contributed by atoms with E-state index in [0.717, 1.165) is 12.1 Å². The third kappa shape index (κ3) is 4.48. The molecule has 0 fully saturated rings. The first-order chi connectivity index (χ1) is 9.69. The minimum atomic E-state index is -4.05. The molecule has 0 unspecified atom stereocenters. The molecule has 1 aromatic carbocycles. The van der Waals surface area contributed by atoms with Crippen LogP contribution >= 0.6 is 15.9 Å². The Labute approximate surface area is 128 Å². The molecule has 0 atom stereocenters. The maximum absolute atomic E-state index is 13.5. The van der Waals surface area contributed by atoms with E-state index in [2.05, 4.69) is 25.4 Å². The topological polar surface area (TPSA) is 116 Å². The number of amides is 1. The molecule has 0 aliphatic carbocycles. The summed E-state index contributed by atoms with van der Waals surface area (Å²) in [6.07, 6.45) is -0.169. The summed E-state index contributed by atoms with van der Waals surface area (Å²) in [6.45, 7) is -0.204. The number of primary amides is 1. The van der Waals surface area contributed by atoms with Crippen LogP contribution in [0.4, 0.5) is 4.39 Å². The summed E-state index contributed by atoms with van der Waals surface area (Å²) in [5.41, 5.74) is 4.41. The third-order valence-corrected chi connectivity index (χ3v) is 4.84. The summed E-state index contributed by atoms with van der Waals surface area (Å²) in [7, 11) is -2.87. The number of esters is 1. The van der Waals surface area contributed by atoms with Crippen LogP contribution in [0.2, 0.25) is 0 Å². The lowest BCUT2D eigenvalue weighted by atomic mass is 10.2. The third-order valence-electron chi connectivity index (χ3n) is 2.43. The molecule has 7 nitrogen and oxygen atoms in total. The number of nitrogens with two attached hydrogens (primary N) is 1. The molecule has 0 radical (unpaired) electrons. The van der Waals surface area contributed by atoms with Crippen LogP contribution in [0.15, 0.2) is 21.5 Å². The summed E-state index contributed by atoms with van der Waals surface area (Å²) < 4.78 is 44.0. The number of carbonyl (C=O) groups is 2. The van der Waals surface area contributed by atoms with Crippen LogP contribution in [-0.2, 0) is 19.6 Å². The highest BCUT2D eigenvalue weighted by atomic mass is 79.9. The Balaban J connectivity index is 3.05. The van der Waals surface area contributed by atoms with E-state index >= 15 is 0 Å². The maximum Gasteiger partial charge on any atom is 0.306 e. The summed E-state index contributed by atoms with van der Waals surface area (Å²) in [5, 5.41) is 0. The Bertz CT molecular complexity index is 677. The van der Waals surface area contributed by atoms with Crippen molar-refractivity contribution in [2.24, 2.45) is 5.73 Å². The van der Waals surface area contributed by atoms with Crippen LogP contribution in [0.5, 0.6) is 0 Å². The number of halogens is 2. The molecule has 1 amide bonds. The van der Waals surface area contributed by atoms with Gasteiger partial charge in [-0.25, -0.2) is 17.5 Å². The highest BCUT2D eigenvalue weighted by Gasteiger charge is 2.22. The van der Waals surface area contributed by atoms with Crippen LogP contribution in [-0.4, -0.2) is 33.9 Å². The van der Waals surface area contributed by atoms with Crippen molar-refractivity contribution in [2.45, 2.75) is 11.3 Å². The van der Waals surface area contributed by atoms with E-state index in [1.807, 2.05) is 0 Å². The van der Waals surface area contributed by atoms with Crippen molar-refractivity contribution in [1.82, 2.24) is 4.72 Å². The second kappa shape index (κ2) is 6.96. The Morgan fingerprint density at radius 3 is 2.57 bits per heavy atom. The standard InChI is InChI=1S/C11H12BrFN2O5S/c1-20-10(16)2-3-15-21(18,19)9-4-6(11(14)17)8(13)5-7(9)12/h4-5,15H,2-3H2,1H3,(H2,14,17). The molecule has 0 spiro atoms. The van der Waals surface area contributed by atoms with E-state index < -0.39 is 33.3 Å². The second-order valence-electron chi connectivity index (χ2n) is 3.85. The van der Waals surface area contributed by atoms with Gasteiger partial charge in [0, 0.05) is 11.0 Å². The van der Waals surface area contributed by atoms with E-state index in [4.69, 9.17) is 5.73 Å². The molecule has 0 aliphatic heterocycles. The van der Waals surface area contributed by atoms with Crippen molar-refractivity contribution in [1.29, 1.82) is 0 Å². The van der Waals surface area contributed by atoms with Crippen LogP contribution in [0.1, 0.15) is 16.8 Å². The van der Waals surface area contributed by atoms with Crippen molar-refractivity contribution in [3.05, 3.63) is 28.0 Å². The molecule has 21 heavy (non-hydrogen) atoms. The lowest BCUT2D eigenvalue weighted by molar-refractivity contribution is -0.140. The highest BCUT2D eigenvalue weighted by Crippen LogP contribution is 2.25. The Hall–Kier alpha value is -1.52. The molecule has 0 saturated carbocycles. The minimum absolute atomic E-state index is 0.0735. The molecule has 0 aliphatic rings. The number of hydrogen-bond donors (Lipinski definition) is 2. The first-order valence-electron chi connectivity index (χ1n) is 5.54. The van der Waals surface area contributed by atoms with Gasteiger partial charge in [0.1, 0.15) is 5.82 Å². The number of sulfonamides is 1. The van der Waals surface area contributed by atoms with E-state index in [0.29, 0.717) is 0 Å². The predicted molar refractivity (Wildman–Crippen MR) is 74.4 cm³/mol. The number of benzene rings is 1. The Morgan fingerprint density at radius 1 is 1.43 bits per heavy atom. The lowest BCUT2D eigenvalue weighted by Crippen LogP contribution is -2.27. The van der Waals surface area contributed by atoms with Crippen LogP contribution in [0.3, 0.4) is 0 Å². The number of nitrogens with one attached hydrogen (secondary N) is 1. The van der Waals surface area contributed by atoms with Gasteiger partial charge in [-0.1, -0.05) is 0 Å². The van der Waals surface area contributed by atoms with E-state index in [1.54, 1.807) is 0 Å². The zero-order valence-corrected chi connectivity index (χ0v) is 13.3. The average Bonchev–Trinajstić information content (AvgIpc) is 2.37. The number of rotatable bonds is 6. The largest absolute Gasteiger partial charge is 0.469 e. The molecule has 1 rings (SSSR count). The highest BCUT2D eigenvalue weighted by molar-refractivity contribution is 9.10. The van der Waals surface area contributed by atoms with Crippen LogP contribution in [0.25, 0.3) is 0 Å². The number of carbonyl (C=O) groups excluding carboxylic acids is 2. The zero-order valence-electron chi connectivity index (χ0n) is 10.9. The quantitative estimate of drug-likeness (QED) is 0.696. The fraction of sp³-hybridized carbons (Fsp3) is 0.273. The maximum atomic E-state index is 13.5. The van der Waals surface area contributed by atoms with Crippen molar-refractivity contribution in [3.8, 4) is 0 Å². The fourth-order valence-electron chi connectivity index (χ4n) is 1.39. The molecule has 1 aromatic rings. The molecular formula is C11H12BrFN2O5S. The molecule has 3 N–H and O–H groups in total. The number of methoxy groups -OCH3 is 1. The fourth-order valence-corrected chi connectivity index (χ4v) is 3.46. The van der Waals surface area contributed by atoms with Crippen molar-refractivity contribution in [3.63, 3.8) is 0 Å². The van der Waals surface area contributed by atoms with E-state index in [9.17, 15) is 22.4 Å². The monoisotopic (exact) mass is 382 g/mol. The molecular weight excluding hydrogens is 371 g/mol. The first kappa shape index (κ1) is 17.5. The van der Waals surface area contributed by atoms with Crippen LogP contribution in [0, 0.1) is 5.82 Å². The number of ether oxygens (including phenoxy) is 1. The SMILES string of the molecule is COC(=O)CCNS(=O)(=O)c1cc(C(N)=O)c(F)cc1Br. The predicted octanol–water partition coefficient (Wildman–Crippen LogP) is 0.529. The zero-order chi connectivity index (χ0) is 16.2. The van der Waals surface area contributed by atoms with Gasteiger partial charge in [-0.2, -0.15) is 0 Å². The van der Waals surface area contributed by atoms with Gasteiger partial charge >= 0.3 is 5.97 Å². The summed E-state index contributed by atoms with van der Waals surface area (Å²) >= 11 is 2.90. The van der Waals surface area contributed by atoms with Crippen LogP contribution < -0.4 is 10.5 Å². The Kier molecular flexibility index (Phi) is 5.81. The van der Waals surface area contributed by atoms with Gasteiger partial charge in [-0.15, -0.1) is 0 Å². The van der Waals surface area contributed by atoms with Gasteiger partial charge in [0.15, 0.2) is 0 Å². The van der Waals surface area contributed by atoms with Gasteiger partial charge in [0.05, 0.1) is 24.0 Å². The van der Waals surface area contributed by atoms with Crippen molar-refractivity contribution >= 4 is 37.8 Å².